The van der Waals surface area contributed by atoms with Gasteiger partial charge < -0.3 is 4.42 Å². The first-order chi connectivity index (χ1) is 7.70. The molecule has 1 aliphatic heterocycles. The van der Waals surface area contributed by atoms with Crippen LogP contribution in [-0.2, 0) is 6.54 Å². The smallest absolute Gasteiger partial charge is 0.268 e. The van der Waals surface area contributed by atoms with Gasteiger partial charge >= 0.3 is 0 Å². The van der Waals surface area contributed by atoms with Crippen molar-refractivity contribution in [3.8, 4) is 0 Å². The van der Waals surface area contributed by atoms with Crippen molar-refractivity contribution in [1.29, 1.82) is 0 Å². The third-order valence-corrected chi connectivity index (χ3v) is 2.92. The Kier molecular flexibility index (Phi) is 3.26. The number of hydrogen-bond acceptors (Lipinski definition) is 4. The molecule has 0 atom stereocenters. The Bertz CT molecular complexity index is 381. The van der Waals surface area contributed by atoms with Crippen LogP contribution in [0.5, 0.6) is 0 Å². The summed E-state index contributed by atoms with van der Waals surface area (Å²) in [5, 5.41) is 0. The van der Waals surface area contributed by atoms with Crippen molar-refractivity contribution >= 4 is 5.91 Å². The van der Waals surface area contributed by atoms with Crippen molar-refractivity contribution in [2.75, 3.05) is 13.1 Å². The van der Waals surface area contributed by atoms with Gasteiger partial charge in [0.15, 0.2) is 0 Å². The molecule has 1 saturated heterocycles. The maximum atomic E-state index is 11.4. The molecular formula is C11H17N3O2. The molecule has 0 unspecified atom stereocenters. The number of furan rings is 1. The van der Waals surface area contributed by atoms with Gasteiger partial charge in [-0.1, -0.05) is 0 Å². The van der Waals surface area contributed by atoms with Crippen LogP contribution in [0, 0.1) is 6.92 Å². The number of nitrogen functional groups attached to an aromatic ring is 1. The van der Waals surface area contributed by atoms with Gasteiger partial charge in [-0.2, -0.15) is 0 Å². The molecular weight excluding hydrogens is 206 g/mol. The highest BCUT2D eigenvalue weighted by Gasteiger charge is 2.17. The highest BCUT2D eigenvalue weighted by atomic mass is 16.3. The summed E-state index contributed by atoms with van der Waals surface area (Å²) < 4.78 is 5.54. The van der Waals surface area contributed by atoms with Crippen molar-refractivity contribution in [1.82, 2.24) is 10.3 Å². The number of hydrazine groups is 1. The van der Waals surface area contributed by atoms with E-state index < -0.39 is 0 Å². The van der Waals surface area contributed by atoms with E-state index in [1.165, 1.54) is 12.8 Å². The second-order valence-electron chi connectivity index (χ2n) is 4.14. The van der Waals surface area contributed by atoms with E-state index in [-0.39, 0.29) is 5.91 Å². The van der Waals surface area contributed by atoms with Gasteiger partial charge in [0.1, 0.15) is 11.5 Å². The van der Waals surface area contributed by atoms with Crippen LogP contribution in [0.3, 0.4) is 0 Å². The van der Waals surface area contributed by atoms with E-state index in [4.69, 9.17) is 10.3 Å². The highest BCUT2D eigenvalue weighted by Crippen LogP contribution is 2.18. The molecule has 0 radical (unpaired) electrons. The summed E-state index contributed by atoms with van der Waals surface area (Å²) in [5.74, 6) is 6.25. The summed E-state index contributed by atoms with van der Waals surface area (Å²) >= 11 is 0. The lowest BCUT2D eigenvalue weighted by Gasteiger charge is -2.11. The zero-order chi connectivity index (χ0) is 11.5. The second-order valence-corrected chi connectivity index (χ2v) is 4.14. The first-order valence-electron chi connectivity index (χ1n) is 5.53. The standard InChI is InChI=1S/C11H17N3O2/c1-8-10(11(15)13-12)6-9(16-8)7-14-4-2-3-5-14/h6H,2-5,7,12H2,1H3,(H,13,15). The Morgan fingerprint density at radius 2 is 2.25 bits per heavy atom. The summed E-state index contributed by atoms with van der Waals surface area (Å²) in [4.78, 5) is 13.7. The Morgan fingerprint density at radius 1 is 1.56 bits per heavy atom. The fourth-order valence-corrected chi connectivity index (χ4v) is 2.09. The summed E-state index contributed by atoms with van der Waals surface area (Å²) in [6.07, 6.45) is 2.49. The number of amides is 1. The summed E-state index contributed by atoms with van der Waals surface area (Å²) in [7, 11) is 0. The van der Waals surface area contributed by atoms with Crippen molar-refractivity contribution in [3.05, 3.63) is 23.2 Å². The van der Waals surface area contributed by atoms with Gasteiger partial charge in [0.05, 0.1) is 12.1 Å². The predicted octanol–water partition coefficient (Wildman–Crippen LogP) is 0.787. The van der Waals surface area contributed by atoms with Crippen LogP contribution >= 0.6 is 0 Å². The van der Waals surface area contributed by atoms with Crippen LogP contribution in [0.2, 0.25) is 0 Å². The first kappa shape index (κ1) is 11.2. The SMILES string of the molecule is Cc1oc(CN2CCCC2)cc1C(=O)NN. The second kappa shape index (κ2) is 4.67. The predicted molar refractivity (Wildman–Crippen MR) is 59.6 cm³/mol. The van der Waals surface area contributed by atoms with Crippen LogP contribution in [0.15, 0.2) is 10.5 Å². The van der Waals surface area contributed by atoms with Gasteiger partial charge in [0.2, 0.25) is 0 Å². The lowest BCUT2D eigenvalue weighted by atomic mass is 10.2. The molecule has 1 aromatic heterocycles. The van der Waals surface area contributed by atoms with Crippen LogP contribution < -0.4 is 11.3 Å². The molecule has 0 spiro atoms. The lowest BCUT2D eigenvalue weighted by molar-refractivity contribution is 0.0952. The van der Waals surface area contributed by atoms with E-state index in [0.29, 0.717) is 11.3 Å². The van der Waals surface area contributed by atoms with E-state index in [2.05, 4.69) is 10.3 Å². The zero-order valence-corrected chi connectivity index (χ0v) is 9.45. The van der Waals surface area contributed by atoms with Crippen LogP contribution in [0.25, 0.3) is 0 Å². The van der Waals surface area contributed by atoms with Crippen LogP contribution in [-0.4, -0.2) is 23.9 Å². The number of carbonyl (C=O) groups is 1. The van der Waals surface area contributed by atoms with E-state index in [1.54, 1.807) is 13.0 Å². The summed E-state index contributed by atoms with van der Waals surface area (Å²) in [6.45, 7) is 4.77. The van der Waals surface area contributed by atoms with Crippen molar-refractivity contribution < 1.29 is 9.21 Å². The Labute approximate surface area is 94.6 Å². The fourth-order valence-electron chi connectivity index (χ4n) is 2.09. The Balaban J connectivity index is 2.07. The minimum Gasteiger partial charge on any atom is -0.464 e. The van der Waals surface area contributed by atoms with Crippen LogP contribution in [0.4, 0.5) is 0 Å². The highest BCUT2D eigenvalue weighted by molar-refractivity contribution is 5.94. The normalized spacial score (nSPS) is 16.6. The van der Waals surface area contributed by atoms with Gasteiger partial charge in [0.25, 0.3) is 5.91 Å². The van der Waals surface area contributed by atoms with E-state index in [1.807, 2.05) is 0 Å². The molecule has 5 heteroatoms. The number of likely N-dealkylation sites (tertiary alicyclic amines) is 1. The molecule has 1 fully saturated rings. The maximum absolute atomic E-state index is 11.4. The van der Waals surface area contributed by atoms with E-state index >= 15 is 0 Å². The molecule has 3 N–H and O–H groups in total. The number of rotatable bonds is 3. The minimum atomic E-state index is -0.297. The molecule has 1 amide bonds. The molecule has 0 saturated carbocycles. The lowest BCUT2D eigenvalue weighted by Crippen LogP contribution is -2.30. The van der Waals surface area contributed by atoms with Gasteiger partial charge in [-0.3, -0.25) is 15.1 Å². The molecule has 0 aliphatic carbocycles. The Morgan fingerprint density at radius 3 is 2.88 bits per heavy atom. The molecule has 2 heterocycles. The number of nitrogens with two attached hydrogens (primary N) is 1. The summed E-state index contributed by atoms with van der Waals surface area (Å²) in [6, 6.07) is 1.77. The molecule has 88 valence electrons. The molecule has 0 bridgehead atoms. The molecule has 1 aliphatic rings. The topological polar surface area (TPSA) is 71.5 Å². The van der Waals surface area contributed by atoms with Gasteiger partial charge in [-0.15, -0.1) is 0 Å². The van der Waals surface area contributed by atoms with Crippen molar-refractivity contribution in [2.24, 2.45) is 5.84 Å². The third kappa shape index (κ3) is 2.25. The maximum Gasteiger partial charge on any atom is 0.268 e. The average molecular weight is 223 g/mol. The van der Waals surface area contributed by atoms with Gasteiger partial charge in [0, 0.05) is 0 Å². The minimum absolute atomic E-state index is 0.297. The molecule has 5 nitrogen and oxygen atoms in total. The molecule has 2 rings (SSSR count). The largest absolute Gasteiger partial charge is 0.464 e. The fraction of sp³-hybridized carbons (Fsp3) is 0.545. The van der Waals surface area contributed by atoms with Gasteiger partial charge in [-0.25, -0.2) is 5.84 Å². The van der Waals surface area contributed by atoms with Crippen LogP contribution in [0.1, 0.15) is 34.7 Å². The summed E-state index contributed by atoms with van der Waals surface area (Å²) in [5.41, 5.74) is 2.64. The van der Waals surface area contributed by atoms with E-state index in [0.717, 1.165) is 25.4 Å². The zero-order valence-electron chi connectivity index (χ0n) is 9.45. The number of aryl methyl sites for hydroxylation is 1. The first-order valence-corrected chi connectivity index (χ1v) is 5.53. The average Bonchev–Trinajstić information content (AvgIpc) is 2.88. The third-order valence-electron chi connectivity index (χ3n) is 2.92. The van der Waals surface area contributed by atoms with E-state index in [9.17, 15) is 4.79 Å². The Hall–Kier alpha value is -1.33. The monoisotopic (exact) mass is 223 g/mol. The molecule has 1 aromatic rings. The van der Waals surface area contributed by atoms with Crippen molar-refractivity contribution in [3.63, 3.8) is 0 Å². The quantitative estimate of drug-likeness (QED) is 0.451. The number of nitrogens with one attached hydrogen (secondary N) is 1. The van der Waals surface area contributed by atoms with Crippen molar-refractivity contribution in [2.45, 2.75) is 26.3 Å². The molecule has 0 aromatic carbocycles. The number of nitrogens with zero attached hydrogens (tertiary/aromatic N) is 1. The number of carbonyl (C=O) groups excluding carboxylic acids is 1. The number of hydrogen-bond donors (Lipinski definition) is 2. The van der Waals surface area contributed by atoms with Gasteiger partial charge in [-0.05, 0) is 38.9 Å². The molecule has 16 heavy (non-hydrogen) atoms.